The van der Waals surface area contributed by atoms with E-state index < -0.39 is 0 Å². The molecule has 22 heavy (non-hydrogen) atoms. The third-order valence-corrected chi connectivity index (χ3v) is 4.21. The molecule has 2 aromatic rings. The highest BCUT2D eigenvalue weighted by atomic mass is 16.5. The van der Waals surface area contributed by atoms with Gasteiger partial charge in [-0.25, -0.2) is 9.67 Å². The van der Waals surface area contributed by atoms with Crippen molar-refractivity contribution in [1.82, 2.24) is 20.1 Å². The first kappa shape index (κ1) is 14.8. The van der Waals surface area contributed by atoms with Crippen LogP contribution in [0.5, 0.6) is 5.88 Å². The second-order valence-electron chi connectivity index (χ2n) is 5.70. The molecule has 1 saturated heterocycles. The fraction of sp³-hybridized carbons (Fsp3) is 0.500. The summed E-state index contributed by atoms with van der Waals surface area (Å²) in [6, 6.07) is 6.52. The minimum absolute atomic E-state index is 0.464. The van der Waals surface area contributed by atoms with Gasteiger partial charge in [-0.3, -0.25) is 0 Å². The van der Waals surface area contributed by atoms with Gasteiger partial charge >= 0.3 is 0 Å². The number of aryl methyl sites for hydroxylation is 2. The maximum Gasteiger partial charge on any atom is 0.216 e. The SMILES string of the molecule is COc1c(CN[C@H]2CCN(c3ccccn3)C2)c(C)nn1C. The number of ether oxygens (including phenoxy) is 1. The lowest BCUT2D eigenvalue weighted by molar-refractivity contribution is 0.367. The van der Waals surface area contributed by atoms with Gasteiger partial charge in [-0.1, -0.05) is 6.07 Å². The Labute approximate surface area is 131 Å². The quantitative estimate of drug-likeness (QED) is 0.907. The summed E-state index contributed by atoms with van der Waals surface area (Å²) in [7, 11) is 3.60. The Hall–Kier alpha value is -2.08. The molecular formula is C16H23N5O. The highest BCUT2D eigenvalue weighted by Crippen LogP contribution is 2.22. The van der Waals surface area contributed by atoms with Crippen molar-refractivity contribution >= 4 is 5.82 Å². The van der Waals surface area contributed by atoms with Crippen LogP contribution in [0.15, 0.2) is 24.4 Å². The van der Waals surface area contributed by atoms with Crippen LogP contribution in [-0.2, 0) is 13.6 Å². The molecular weight excluding hydrogens is 278 g/mol. The van der Waals surface area contributed by atoms with Gasteiger partial charge in [-0.05, 0) is 25.5 Å². The first-order valence-corrected chi connectivity index (χ1v) is 7.65. The van der Waals surface area contributed by atoms with Gasteiger partial charge in [0.2, 0.25) is 5.88 Å². The number of rotatable bonds is 5. The Morgan fingerprint density at radius 1 is 1.41 bits per heavy atom. The fourth-order valence-corrected chi connectivity index (χ4v) is 3.06. The first-order chi connectivity index (χ1) is 10.7. The number of nitrogens with zero attached hydrogens (tertiary/aromatic N) is 4. The van der Waals surface area contributed by atoms with Crippen LogP contribution in [0.4, 0.5) is 5.82 Å². The van der Waals surface area contributed by atoms with Gasteiger partial charge in [0.1, 0.15) is 5.82 Å². The lowest BCUT2D eigenvalue weighted by atomic mass is 10.2. The van der Waals surface area contributed by atoms with Gasteiger partial charge in [-0.15, -0.1) is 0 Å². The summed E-state index contributed by atoms with van der Waals surface area (Å²) in [6.07, 6.45) is 2.97. The summed E-state index contributed by atoms with van der Waals surface area (Å²) in [5.41, 5.74) is 2.16. The number of anilines is 1. The van der Waals surface area contributed by atoms with Gasteiger partial charge in [0, 0.05) is 38.9 Å². The Balaban J connectivity index is 1.60. The van der Waals surface area contributed by atoms with E-state index >= 15 is 0 Å². The Morgan fingerprint density at radius 2 is 2.27 bits per heavy atom. The van der Waals surface area contributed by atoms with Crippen molar-refractivity contribution in [3.8, 4) is 5.88 Å². The van der Waals surface area contributed by atoms with Crippen LogP contribution in [-0.4, -0.2) is 41.0 Å². The Morgan fingerprint density at radius 3 is 3.00 bits per heavy atom. The summed E-state index contributed by atoms with van der Waals surface area (Å²) in [6.45, 7) is 4.83. The van der Waals surface area contributed by atoms with Gasteiger partial charge in [-0.2, -0.15) is 5.10 Å². The fourth-order valence-electron chi connectivity index (χ4n) is 3.06. The van der Waals surface area contributed by atoms with E-state index in [4.69, 9.17) is 4.74 Å². The zero-order valence-electron chi connectivity index (χ0n) is 13.4. The van der Waals surface area contributed by atoms with Crippen molar-refractivity contribution < 1.29 is 4.74 Å². The third kappa shape index (κ3) is 2.92. The molecule has 6 nitrogen and oxygen atoms in total. The van der Waals surface area contributed by atoms with Gasteiger partial charge in [0.25, 0.3) is 0 Å². The zero-order valence-corrected chi connectivity index (χ0v) is 13.4. The molecule has 0 bridgehead atoms. The van der Waals surface area contributed by atoms with E-state index in [-0.39, 0.29) is 0 Å². The minimum Gasteiger partial charge on any atom is -0.481 e. The molecule has 0 radical (unpaired) electrons. The van der Waals surface area contributed by atoms with Crippen LogP contribution in [0.1, 0.15) is 17.7 Å². The summed E-state index contributed by atoms with van der Waals surface area (Å²) >= 11 is 0. The van der Waals surface area contributed by atoms with Gasteiger partial charge in [0.15, 0.2) is 0 Å². The number of hydrogen-bond acceptors (Lipinski definition) is 5. The van der Waals surface area contributed by atoms with E-state index in [1.165, 1.54) is 0 Å². The van der Waals surface area contributed by atoms with E-state index in [0.29, 0.717) is 6.04 Å². The molecule has 118 valence electrons. The summed E-state index contributed by atoms with van der Waals surface area (Å²) < 4.78 is 7.24. The highest BCUT2D eigenvalue weighted by Gasteiger charge is 2.24. The van der Waals surface area contributed by atoms with E-state index in [1.54, 1.807) is 11.8 Å². The predicted octanol–water partition coefficient (Wildman–Crippen LogP) is 1.50. The maximum atomic E-state index is 5.44. The second kappa shape index (κ2) is 6.36. The van der Waals surface area contributed by atoms with Gasteiger partial charge < -0.3 is 15.0 Å². The standard InChI is InChI=1S/C16H23N5O/c1-12-14(16(22-3)20(2)19-12)10-18-13-7-9-21(11-13)15-6-4-5-8-17-15/h4-6,8,13,18H,7,9-11H2,1-3H3/t13-/m0/s1. The van der Waals surface area contributed by atoms with Crippen molar-refractivity contribution in [3.63, 3.8) is 0 Å². The molecule has 2 aromatic heterocycles. The van der Waals surface area contributed by atoms with Crippen molar-refractivity contribution in [2.24, 2.45) is 7.05 Å². The van der Waals surface area contributed by atoms with Crippen LogP contribution in [0.25, 0.3) is 0 Å². The molecule has 3 rings (SSSR count). The molecule has 6 heteroatoms. The molecule has 1 N–H and O–H groups in total. The van der Waals surface area contributed by atoms with Crippen molar-refractivity contribution in [3.05, 3.63) is 35.7 Å². The lowest BCUT2D eigenvalue weighted by Crippen LogP contribution is -2.32. The lowest BCUT2D eigenvalue weighted by Gasteiger charge is -2.17. The molecule has 3 heterocycles. The average molecular weight is 301 g/mol. The van der Waals surface area contributed by atoms with Gasteiger partial charge in [0.05, 0.1) is 18.4 Å². The number of pyridine rings is 1. The van der Waals surface area contributed by atoms with E-state index in [1.807, 2.05) is 32.3 Å². The molecule has 1 fully saturated rings. The van der Waals surface area contributed by atoms with E-state index in [0.717, 1.165) is 49.0 Å². The maximum absolute atomic E-state index is 5.44. The van der Waals surface area contributed by atoms with Crippen LogP contribution in [0, 0.1) is 6.92 Å². The van der Waals surface area contributed by atoms with Crippen molar-refractivity contribution in [1.29, 1.82) is 0 Å². The molecule has 0 aromatic carbocycles. The molecule has 0 spiro atoms. The van der Waals surface area contributed by atoms with Crippen LogP contribution < -0.4 is 15.0 Å². The average Bonchev–Trinajstić information content (AvgIpc) is 3.10. The summed E-state index contributed by atoms with van der Waals surface area (Å²) in [4.78, 5) is 6.75. The predicted molar refractivity (Wildman–Crippen MR) is 86.2 cm³/mol. The molecule has 1 aliphatic heterocycles. The monoisotopic (exact) mass is 301 g/mol. The number of methoxy groups -OCH3 is 1. The zero-order chi connectivity index (χ0) is 15.5. The molecule has 1 atom stereocenters. The molecule has 1 aliphatic rings. The first-order valence-electron chi connectivity index (χ1n) is 7.65. The smallest absolute Gasteiger partial charge is 0.216 e. The number of aromatic nitrogens is 3. The summed E-state index contributed by atoms with van der Waals surface area (Å²) in [5, 5.41) is 8.04. The number of nitrogens with one attached hydrogen (secondary N) is 1. The molecule has 0 aliphatic carbocycles. The Bertz CT molecular complexity index is 625. The van der Waals surface area contributed by atoms with Crippen molar-refractivity contribution in [2.75, 3.05) is 25.1 Å². The largest absolute Gasteiger partial charge is 0.481 e. The second-order valence-corrected chi connectivity index (χ2v) is 5.70. The third-order valence-electron chi connectivity index (χ3n) is 4.21. The summed E-state index contributed by atoms with van der Waals surface area (Å²) in [5.74, 6) is 1.89. The highest BCUT2D eigenvalue weighted by molar-refractivity contribution is 5.39. The molecule has 0 unspecified atom stereocenters. The van der Waals surface area contributed by atoms with E-state index in [2.05, 4.69) is 26.4 Å². The van der Waals surface area contributed by atoms with Crippen LogP contribution in [0.2, 0.25) is 0 Å². The van der Waals surface area contributed by atoms with Crippen LogP contribution in [0.3, 0.4) is 0 Å². The molecule has 0 saturated carbocycles. The van der Waals surface area contributed by atoms with Crippen molar-refractivity contribution in [2.45, 2.75) is 25.9 Å². The normalized spacial score (nSPS) is 18.0. The topological polar surface area (TPSA) is 55.2 Å². The van der Waals surface area contributed by atoms with E-state index in [9.17, 15) is 0 Å². The molecule has 0 amide bonds. The van der Waals surface area contributed by atoms with Crippen LogP contribution >= 0.6 is 0 Å². The number of hydrogen-bond donors (Lipinski definition) is 1. The Kier molecular flexibility index (Phi) is 4.29. The minimum atomic E-state index is 0.464.